The summed E-state index contributed by atoms with van der Waals surface area (Å²) in [5.41, 5.74) is 1.78. The van der Waals surface area contributed by atoms with Crippen LogP contribution in [0.2, 0.25) is 0 Å². The molecule has 0 aromatic heterocycles. The Labute approximate surface area is 129 Å². The third-order valence-corrected chi connectivity index (χ3v) is 3.65. The van der Waals surface area contributed by atoms with Crippen molar-refractivity contribution in [2.24, 2.45) is 0 Å². The van der Waals surface area contributed by atoms with E-state index in [0.717, 1.165) is 22.6 Å². The number of rotatable bonds is 6. The lowest BCUT2D eigenvalue weighted by Gasteiger charge is -2.16. The Morgan fingerprint density at radius 3 is 2.38 bits per heavy atom. The molecule has 0 saturated carbocycles. The van der Waals surface area contributed by atoms with Gasteiger partial charge in [0.05, 0.1) is 20.1 Å². The van der Waals surface area contributed by atoms with E-state index in [1.807, 2.05) is 48.5 Å². The summed E-state index contributed by atoms with van der Waals surface area (Å²) in [4.78, 5) is 11.8. The maximum Gasteiger partial charge on any atom is 0.229 e. The highest BCUT2D eigenvalue weighted by atomic mass is 35.5. The highest BCUT2D eigenvalue weighted by Gasteiger charge is 2.21. The van der Waals surface area contributed by atoms with E-state index in [4.69, 9.17) is 21.1 Å². The number of benzene rings is 2. The number of methoxy groups -OCH3 is 2. The Hall–Kier alpha value is -2.00. The first-order valence-electron chi connectivity index (χ1n) is 6.61. The van der Waals surface area contributed by atoms with Gasteiger partial charge in [-0.05, 0) is 47.3 Å². The number of carbonyl (C=O) groups excluding carboxylic acids is 1. The highest BCUT2D eigenvalue weighted by molar-refractivity contribution is 6.64. The third kappa shape index (κ3) is 3.76. The summed E-state index contributed by atoms with van der Waals surface area (Å²) in [6.45, 7) is 0. The molecule has 0 saturated heterocycles. The molecular formula is C17H17ClO3. The Bertz CT molecular complexity index is 611. The minimum absolute atomic E-state index is 0.383. The molecule has 0 bridgehead atoms. The Morgan fingerprint density at radius 2 is 1.81 bits per heavy atom. The van der Waals surface area contributed by atoms with Gasteiger partial charge >= 0.3 is 0 Å². The number of hydrogen-bond donors (Lipinski definition) is 0. The highest BCUT2D eigenvalue weighted by Crippen LogP contribution is 2.30. The monoisotopic (exact) mass is 304 g/mol. The molecule has 1 unspecified atom stereocenters. The number of halogens is 1. The first-order valence-corrected chi connectivity index (χ1v) is 6.98. The molecule has 2 aromatic carbocycles. The topological polar surface area (TPSA) is 35.5 Å². The molecule has 21 heavy (non-hydrogen) atoms. The molecule has 0 fully saturated rings. The van der Waals surface area contributed by atoms with Gasteiger partial charge in [-0.2, -0.15) is 0 Å². The maximum absolute atomic E-state index is 11.8. The van der Waals surface area contributed by atoms with Crippen LogP contribution in [-0.4, -0.2) is 19.5 Å². The van der Waals surface area contributed by atoms with Gasteiger partial charge in [0.25, 0.3) is 0 Å². The van der Waals surface area contributed by atoms with Crippen molar-refractivity contribution in [1.82, 2.24) is 0 Å². The van der Waals surface area contributed by atoms with E-state index in [9.17, 15) is 4.79 Å². The molecule has 3 nitrogen and oxygen atoms in total. The van der Waals surface area contributed by atoms with Gasteiger partial charge in [0.2, 0.25) is 5.24 Å². The van der Waals surface area contributed by atoms with E-state index in [1.54, 1.807) is 14.2 Å². The SMILES string of the molecule is COc1ccc(OC)c(CC(C(=O)Cl)c2ccccc2)c1. The van der Waals surface area contributed by atoms with E-state index >= 15 is 0 Å². The number of ether oxygens (including phenoxy) is 2. The molecule has 0 heterocycles. The molecule has 2 rings (SSSR count). The summed E-state index contributed by atoms with van der Waals surface area (Å²) in [6.07, 6.45) is 0.465. The van der Waals surface area contributed by atoms with Gasteiger partial charge in [-0.1, -0.05) is 30.3 Å². The van der Waals surface area contributed by atoms with E-state index in [0.29, 0.717) is 6.42 Å². The van der Waals surface area contributed by atoms with Crippen LogP contribution in [0.3, 0.4) is 0 Å². The lowest BCUT2D eigenvalue weighted by atomic mass is 9.92. The molecule has 1 atom stereocenters. The Morgan fingerprint density at radius 1 is 1.10 bits per heavy atom. The van der Waals surface area contributed by atoms with Gasteiger partial charge < -0.3 is 9.47 Å². The van der Waals surface area contributed by atoms with Crippen LogP contribution in [0.1, 0.15) is 17.0 Å². The summed E-state index contributed by atoms with van der Waals surface area (Å²) < 4.78 is 10.6. The molecule has 0 spiro atoms. The van der Waals surface area contributed by atoms with Crippen LogP contribution in [0, 0.1) is 0 Å². The zero-order valence-electron chi connectivity index (χ0n) is 12.0. The molecule has 2 aromatic rings. The standard InChI is InChI=1S/C17H17ClO3/c1-20-14-8-9-16(21-2)13(10-14)11-15(17(18)19)12-6-4-3-5-7-12/h3-10,15H,11H2,1-2H3. The van der Waals surface area contributed by atoms with Crippen molar-refractivity contribution < 1.29 is 14.3 Å². The van der Waals surface area contributed by atoms with Crippen LogP contribution in [0.15, 0.2) is 48.5 Å². The van der Waals surface area contributed by atoms with Crippen LogP contribution in [0.5, 0.6) is 11.5 Å². The number of carbonyl (C=O) groups is 1. The van der Waals surface area contributed by atoms with Crippen molar-refractivity contribution in [3.05, 3.63) is 59.7 Å². The van der Waals surface area contributed by atoms with Crippen molar-refractivity contribution in [3.8, 4) is 11.5 Å². The molecule has 4 heteroatoms. The van der Waals surface area contributed by atoms with Crippen LogP contribution >= 0.6 is 11.6 Å². The zero-order chi connectivity index (χ0) is 15.2. The second-order valence-corrected chi connectivity index (χ2v) is 5.02. The van der Waals surface area contributed by atoms with Crippen LogP contribution < -0.4 is 9.47 Å². The van der Waals surface area contributed by atoms with Gasteiger partial charge in [-0.15, -0.1) is 0 Å². The largest absolute Gasteiger partial charge is 0.497 e. The first kappa shape index (κ1) is 15.4. The zero-order valence-corrected chi connectivity index (χ0v) is 12.8. The fraction of sp³-hybridized carbons (Fsp3) is 0.235. The minimum atomic E-state index is -0.408. The fourth-order valence-electron chi connectivity index (χ4n) is 2.28. The second-order valence-electron chi connectivity index (χ2n) is 4.65. The Balaban J connectivity index is 2.35. The summed E-state index contributed by atoms with van der Waals surface area (Å²) in [5, 5.41) is -0.383. The second kappa shape index (κ2) is 7.14. The smallest absolute Gasteiger partial charge is 0.229 e. The van der Waals surface area contributed by atoms with Crippen LogP contribution in [0.25, 0.3) is 0 Å². The lowest BCUT2D eigenvalue weighted by molar-refractivity contribution is -0.113. The summed E-state index contributed by atoms with van der Waals surface area (Å²) in [5.74, 6) is 1.03. The van der Waals surface area contributed by atoms with Gasteiger partial charge in [-0.3, -0.25) is 4.79 Å². The normalized spacial score (nSPS) is 11.8. The molecule has 0 aliphatic heterocycles. The van der Waals surface area contributed by atoms with Crippen LogP contribution in [-0.2, 0) is 11.2 Å². The first-order chi connectivity index (χ1) is 10.2. The van der Waals surface area contributed by atoms with Crippen molar-refractivity contribution in [3.63, 3.8) is 0 Å². The van der Waals surface area contributed by atoms with E-state index in [-0.39, 0.29) is 5.24 Å². The van der Waals surface area contributed by atoms with Gasteiger partial charge in [0, 0.05) is 0 Å². The molecule has 0 amide bonds. The molecule has 0 aliphatic carbocycles. The van der Waals surface area contributed by atoms with Crippen molar-refractivity contribution >= 4 is 16.8 Å². The summed E-state index contributed by atoms with van der Waals surface area (Å²) >= 11 is 5.79. The summed E-state index contributed by atoms with van der Waals surface area (Å²) in [7, 11) is 3.21. The van der Waals surface area contributed by atoms with Crippen LogP contribution in [0.4, 0.5) is 0 Å². The average molecular weight is 305 g/mol. The quantitative estimate of drug-likeness (QED) is 0.762. The molecule has 0 aliphatic rings. The van der Waals surface area contributed by atoms with Gasteiger partial charge in [-0.25, -0.2) is 0 Å². The predicted molar refractivity (Wildman–Crippen MR) is 83.3 cm³/mol. The average Bonchev–Trinajstić information content (AvgIpc) is 2.52. The minimum Gasteiger partial charge on any atom is -0.497 e. The van der Waals surface area contributed by atoms with Crippen molar-refractivity contribution in [2.45, 2.75) is 12.3 Å². The van der Waals surface area contributed by atoms with E-state index in [2.05, 4.69) is 0 Å². The maximum atomic E-state index is 11.8. The number of hydrogen-bond acceptors (Lipinski definition) is 3. The molecule has 0 radical (unpaired) electrons. The fourth-order valence-corrected chi connectivity index (χ4v) is 2.48. The Kier molecular flexibility index (Phi) is 5.23. The molecule has 110 valence electrons. The lowest BCUT2D eigenvalue weighted by Crippen LogP contribution is -2.11. The van der Waals surface area contributed by atoms with Gasteiger partial charge in [0.15, 0.2) is 0 Å². The molecular weight excluding hydrogens is 288 g/mol. The van der Waals surface area contributed by atoms with Crippen molar-refractivity contribution in [2.75, 3.05) is 14.2 Å². The predicted octanol–water partition coefficient (Wildman–Crippen LogP) is 3.80. The molecule has 0 N–H and O–H groups in total. The van der Waals surface area contributed by atoms with E-state index < -0.39 is 5.92 Å². The third-order valence-electron chi connectivity index (χ3n) is 3.39. The summed E-state index contributed by atoms with van der Waals surface area (Å²) in [6, 6.07) is 15.0. The van der Waals surface area contributed by atoms with Crippen molar-refractivity contribution in [1.29, 1.82) is 0 Å². The van der Waals surface area contributed by atoms with E-state index in [1.165, 1.54) is 0 Å². The van der Waals surface area contributed by atoms with Gasteiger partial charge in [0.1, 0.15) is 11.5 Å².